The second kappa shape index (κ2) is 5.48. The molecule has 0 saturated carbocycles. The van der Waals surface area contributed by atoms with Crippen molar-refractivity contribution in [1.29, 1.82) is 5.41 Å². The Bertz CT molecular complexity index is 453. The number of ether oxygens (including phenoxy) is 1. The van der Waals surface area contributed by atoms with Crippen molar-refractivity contribution in [2.75, 3.05) is 25.1 Å². The van der Waals surface area contributed by atoms with Crippen LogP contribution in [-0.4, -0.2) is 25.5 Å². The Balaban J connectivity index is 2.16. The Morgan fingerprint density at radius 1 is 1.56 bits per heavy atom. The molecule has 1 heterocycles. The Labute approximate surface area is 107 Å². The molecular weight excluding hydrogens is 231 g/mol. The molecule has 1 atom stereocenters. The third kappa shape index (κ3) is 2.88. The number of anilines is 1. The van der Waals surface area contributed by atoms with E-state index in [9.17, 15) is 4.39 Å². The number of halogens is 1. The molecule has 0 radical (unpaired) electrons. The van der Waals surface area contributed by atoms with Crippen LogP contribution >= 0.6 is 0 Å². The van der Waals surface area contributed by atoms with Crippen molar-refractivity contribution in [2.24, 2.45) is 5.92 Å². The molecule has 0 aromatic heterocycles. The van der Waals surface area contributed by atoms with Crippen molar-refractivity contribution < 1.29 is 9.13 Å². The molecule has 1 aliphatic heterocycles. The number of hydrogen-bond acceptors (Lipinski definition) is 3. The molecule has 18 heavy (non-hydrogen) atoms. The highest BCUT2D eigenvalue weighted by atomic mass is 19.1. The quantitative estimate of drug-likeness (QED) is 0.807. The van der Waals surface area contributed by atoms with Crippen molar-refractivity contribution >= 4 is 11.4 Å². The van der Waals surface area contributed by atoms with Gasteiger partial charge in [-0.1, -0.05) is 0 Å². The largest absolute Gasteiger partial charge is 0.384 e. The molecule has 1 fully saturated rings. The molecule has 1 aromatic rings. The fourth-order valence-corrected chi connectivity index (χ4v) is 2.26. The van der Waals surface area contributed by atoms with Crippen LogP contribution in [-0.2, 0) is 4.74 Å². The molecule has 2 rings (SSSR count). The van der Waals surface area contributed by atoms with Gasteiger partial charge in [0, 0.05) is 30.5 Å². The first-order valence-corrected chi connectivity index (χ1v) is 6.25. The van der Waals surface area contributed by atoms with E-state index in [4.69, 9.17) is 10.1 Å². The molecule has 0 spiro atoms. The van der Waals surface area contributed by atoms with Gasteiger partial charge in [-0.05, 0) is 38.0 Å². The first-order valence-electron chi connectivity index (χ1n) is 6.25. The summed E-state index contributed by atoms with van der Waals surface area (Å²) in [5.41, 5.74) is 2.20. The lowest BCUT2D eigenvalue weighted by atomic mass is 10.0. The Morgan fingerprint density at radius 3 is 2.94 bits per heavy atom. The van der Waals surface area contributed by atoms with Gasteiger partial charge in [-0.15, -0.1) is 0 Å². The van der Waals surface area contributed by atoms with Crippen LogP contribution in [0.4, 0.5) is 10.1 Å². The van der Waals surface area contributed by atoms with E-state index in [0.717, 1.165) is 31.7 Å². The summed E-state index contributed by atoms with van der Waals surface area (Å²) < 4.78 is 19.2. The third-order valence-corrected chi connectivity index (χ3v) is 3.21. The van der Waals surface area contributed by atoms with Crippen molar-refractivity contribution in [3.05, 3.63) is 29.1 Å². The summed E-state index contributed by atoms with van der Waals surface area (Å²) in [5, 5.41) is 10.9. The monoisotopic (exact) mass is 250 g/mol. The zero-order chi connectivity index (χ0) is 13.1. The number of hydrogen-bond donors (Lipinski definition) is 2. The van der Waals surface area contributed by atoms with Crippen LogP contribution in [0.2, 0.25) is 0 Å². The summed E-state index contributed by atoms with van der Waals surface area (Å²) in [6.07, 6.45) is 1.04. The third-order valence-electron chi connectivity index (χ3n) is 3.21. The predicted octanol–water partition coefficient (Wildman–Crippen LogP) is 2.97. The van der Waals surface area contributed by atoms with E-state index in [2.05, 4.69) is 5.32 Å². The minimum Gasteiger partial charge on any atom is -0.384 e. The van der Waals surface area contributed by atoms with Gasteiger partial charge in [-0.25, -0.2) is 4.39 Å². The molecule has 1 unspecified atom stereocenters. The molecule has 4 heteroatoms. The van der Waals surface area contributed by atoms with Gasteiger partial charge < -0.3 is 15.5 Å². The molecular formula is C14H19FN2O. The first kappa shape index (κ1) is 13.0. The smallest absolute Gasteiger partial charge is 0.134 e. The van der Waals surface area contributed by atoms with Crippen molar-refractivity contribution in [1.82, 2.24) is 0 Å². The van der Waals surface area contributed by atoms with Gasteiger partial charge in [0.25, 0.3) is 0 Å². The van der Waals surface area contributed by atoms with E-state index in [1.54, 1.807) is 6.92 Å². The molecule has 1 aromatic carbocycles. The fourth-order valence-electron chi connectivity index (χ4n) is 2.26. The van der Waals surface area contributed by atoms with Gasteiger partial charge in [0.1, 0.15) is 5.82 Å². The molecule has 1 aliphatic rings. The van der Waals surface area contributed by atoms with E-state index in [0.29, 0.717) is 17.2 Å². The molecule has 1 saturated heterocycles. The maximum Gasteiger partial charge on any atom is 0.134 e. The summed E-state index contributed by atoms with van der Waals surface area (Å²) >= 11 is 0. The van der Waals surface area contributed by atoms with Gasteiger partial charge in [-0.3, -0.25) is 0 Å². The van der Waals surface area contributed by atoms with E-state index >= 15 is 0 Å². The SMILES string of the molecule is CC(=N)c1c(F)cc(C)cc1NCC1CCOC1. The summed E-state index contributed by atoms with van der Waals surface area (Å²) in [5.74, 6) is 0.153. The van der Waals surface area contributed by atoms with Crippen LogP contribution in [0.1, 0.15) is 24.5 Å². The minimum atomic E-state index is -0.326. The lowest BCUT2D eigenvalue weighted by molar-refractivity contribution is 0.187. The number of nitrogens with one attached hydrogen (secondary N) is 2. The maximum atomic E-state index is 13.9. The first-order chi connectivity index (χ1) is 8.58. The summed E-state index contributed by atoms with van der Waals surface area (Å²) in [7, 11) is 0. The van der Waals surface area contributed by atoms with E-state index < -0.39 is 0 Å². The van der Waals surface area contributed by atoms with Gasteiger partial charge in [-0.2, -0.15) is 0 Å². The molecule has 0 aliphatic carbocycles. The van der Waals surface area contributed by atoms with Crippen molar-refractivity contribution in [2.45, 2.75) is 20.3 Å². The lowest BCUT2D eigenvalue weighted by Crippen LogP contribution is -2.16. The maximum absolute atomic E-state index is 13.9. The average molecular weight is 250 g/mol. The number of rotatable bonds is 4. The second-order valence-electron chi connectivity index (χ2n) is 4.90. The Hall–Kier alpha value is -1.42. The van der Waals surface area contributed by atoms with Gasteiger partial charge >= 0.3 is 0 Å². The highest BCUT2D eigenvalue weighted by Crippen LogP contribution is 2.23. The van der Waals surface area contributed by atoms with Gasteiger partial charge in [0.05, 0.1) is 12.2 Å². The van der Waals surface area contributed by atoms with Gasteiger partial charge in [0.2, 0.25) is 0 Å². The van der Waals surface area contributed by atoms with Crippen LogP contribution in [0.25, 0.3) is 0 Å². The highest BCUT2D eigenvalue weighted by molar-refractivity contribution is 6.01. The Morgan fingerprint density at radius 2 is 2.33 bits per heavy atom. The summed E-state index contributed by atoms with van der Waals surface area (Å²) in [6, 6.07) is 3.36. The molecule has 0 bridgehead atoms. The highest BCUT2D eigenvalue weighted by Gasteiger charge is 2.17. The molecule has 2 N–H and O–H groups in total. The van der Waals surface area contributed by atoms with E-state index in [1.807, 2.05) is 13.0 Å². The summed E-state index contributed by atoms with van der Waals surface area (Å²) in [4.78, 5) is 0. The summed E-state index contributed by atoms with van der Waals surface area (Å²) in [6.45, 7) is 5.81. The van der Waals surface area contributed by atoms with Crippen LogP contribution < -0.4 is 5.32 Å². The van der Waals surface area contributed by atoms with Crippen molar-refractivity contribution in [3.8, 4) is 0 Å². The zero-order valence-electron chi connectivity index (χ0n) is 10.8. The van der Waals surface area contributed by atoms with E-state index in [1.165, 1.54) is 6.07 Å². The van der Waals surface area contributed by atoms with Crippen LogP contribution in [0.5, 0.6) is 0 Å². The van der Waals surface area contributed by atoms with Gasteiger partial charge in [0.15, 0.2) is 0 Å². The topological polar surface area (TPSA) is 45.1 Å². The van der Waals surface area contributed by atoms with Crippen LogP contribution in [0, 0.1) is 24.1 Å². The fraction of sp³-hybridized carbons (Fsp3) is 0.500. The standard InChI is InChI=1S/C14H19FN2O/c1-9-5-12(15)14(10(2)16)13(6-9)17-7-11-3-4-18-8-11/h5-6,11,16-17H,3-4,7-8H2,1-2H3. The number of benzene rings is 1. The van der Waals surface area contributed by atoms with Crippen LogP contribution in [0.15, 0.2) is 12.1 Å². The zero-order valence-corrected chi connectivity index (χ0v) is 10.8. The van der Waals surface area contributed by atoms with Crippen LogP contribution in [0.3, 0.4) is 0 Å². The lowest BCUT2D eigenvalue weighted by Gasteiger charge is -2.15. The second-order valence-corrected chi connectivity index (χ2v) is 4.90. The molecule has 98 valence electrons. The predicted molar refractivity (Wildman–Crippen MR) is 71.1 cm³/mol. The molecule has 3 nitrogen and oxygen atoms in total. The molecule has 0 amide bonds. The normalized spacial score (nSPS) is 18.9. The van der Waals surface area contributed by atoms with E-state index in [-0.39, 0.29) is 11.5 Å². The Kier molecular flexibility index (Phi) is 3.97. The van der Waals surface area contributed by atoms with Crippen molar-refractivity contribution in [3.63, 3.8) is 0 Å². The number of aryl methyl sites for hydroxylation is 1. The minimum absolute atomic E-state index is 0.248. The average Bonchev–Trinajstić information content (AvgIpc) is 2.77.